The van der Waals surface area contributed by atoms with Gasteiger partial charge in [0.05, 0.1) is 0 Å². The zero-order chi connectivity index (χ0) is 31.7. The van der Waals surface area contributed by atoms with Crippen LogP contribution in [0.15, 0.2) is 107 Å². The fourth-order valence-electron chi connectivity index (χ4n) is 2.79. The highest BCUT2D eigenvalue weighted by Gasteiger charge is 2.06. The van der Waals surface area contributed by atoms with E-state index in [1.54, 1.807) is 19.2 Å². The van der Waals surface area contributed by atoms with Crippen LogP contribution in [0.4, 0.5) is 4.39 Å². The van der Waals surface area contributed by atoms with Crippen LogP contribution in [0.5, 0.6) is 0 Å². The molecule has 0 aromatic heterocycles. The van der Waals surface area contributed by atoms with Gasteiger partial charge in [-0.3, -0.25) is 9.98 Å². The minimum atomic E-state index is -0.220. The molecule has 0 atom stereocenters. The molecule has 0 saturated heterocycles. The summed E-state index contributed by atoms with van der Waals surface area (Å²) in [7, 11) is 1.76. The highest BCUT2D eigenvalue weighted by atomic mass is 19.1. The first kappa shape index (κ1) is 40.9. The van der Waals surface area contributed by atoms with E-state index in [1.165, 1.54) is 23.3 Å². The minimum absolute atomic E-state index is 0.220. The normalized spacial score (nSPS) is 11.2. The maximum Gasteiger partial charge on any atom is 0.123 e. The quantitative estimate of drug-likeness (QED) is 0.195. The summed E-state index contributed by atoms with van der Waals surface area (Å²) < 4.78 is 12.9. The third-order valence-corrected chi connectivity index (χ3v) is 5.35. The molecule has 2 rings (SSSR count). The van der Waals surface area contributed by atoms with E-state index in [2.05, 4.69) is 55.2 Å². The molecule has 0 N–H and O–H groups in total. The lowest BCUT2D eigenvalue weighted by atomic mass is 9.94. The Morgan fingerprint density at radius 2 is 1.35 bits per heavy atom. The van der Waals surface area contributed by atoms with E-state index in [0.717, 1.165) is 39.1 Å². The van der Waals surface area contributed by atoms with Gasteiger partial charge in [-0.1, -0.05) is 95.0 Å². The lowest BCUT2D eigenvalue weighted by Gasteiger charge is -2.10. The van der Waals surface area contributed by atoms with Gasteiger partial charge in [0, 0.05) is 25.2 Å². The summed E-state index contributed by atoms with van der Waals surface area (Å²) in [5, 5.41) is 0. The first-order valence-electron chi connectivity index (χ1n) is 14.1. The highest BCUT2D eigenvalue weighted by Crippen LogP contribution is 2.25. The molecule has 0 spiro atoms. The van der Waals surface area contributed by atoms with Gasteiger partial charge in [-0.05, 0) is 107 Å². The number of rotatable bonds is 6. The Kier molecular flexibility index (Phi) is 26.3. The van der Waals surface area contributed by atoms with Crippen LogP contribution < -0.4 is 0 Å². The molecule has 0 amide bonds. The van der Waals surface area contributed by atoms with Crippen molar-refractivity contribution in [1.82, 2.24) is 0 Å². The highest BCUT2D eigenvalue weighted by molar-refractivity contribution is 5.97. The number of aryl methyl sites for hydroxylation is 2. The van der Waals surface area contributed by atoms with Crippen molar-refractivity contribution in [3.8, 4) is 0 Å². The van der Waals surface area contributed by atoms with Crippen LogP contribution in [0.1, 0.15) is 91.5 Å². The summed E-state index contributed by atoms with van der Waals surface area (Å²) >= 11 is 0. The van der Waals surface area contributed by atoms with Crippen molar-refractivity contribution in [1.29, 1.82) is 0 Å². The molecule has 0 aliphatic heterocycles. The number of halogens is 1. The Morgan fingerprint density at radius 3 is 1.77 bits per heavy atom. The van der Waals surface area contributed by atoms with Gasteiger partial charge in [0.1, 0.15) is 5.82 Å². The van der Waals surface area contributed by atoms with Crippen LogP contribution in [0.25, 0.3) is 5.57 Å². The molecule has 0 fully saturated rings. The second-order valence-corrected chi connectivity index (χ2v) is 8.41. The molecule has 2 nitrogen and oxygen atoms in total. The Labute approximate surface area is 246 Å². The van der Waals surface area contributed by atoms with Gasteiger partial charge in [-0.25, -0.2) is 4.39 Å². The second-order valence-electron chi connectivity index (χ2n) is 8.41. The third-order valence-electron chi connectivity index (χ3n) is 5.35. The predicted molar refractivity (Wildman–Crippen MR) is 183 cm³/mol. The first-order valence-corrected chi connectivity index (χ1v) is 14.1. The lowest BCUT2D eigenvalue weighted by Crippen LogP contribution is -1.91. The van der Waals surface area contributed by atoms with Crippen molar-refractivity contribution in [3.05, 3.63) is 125 Å². The molecule has 220 valence electrons. The maximum atomic E-state index is 12.9. The summed E-state index contributed by atoms with van der Waals surface area (Å²) in [4.78, 5) is 8.32. The summed E-state index contributed by atoms with van der Waals surface area (Å²) in [6.07, 6.45) is 9.70. The molecule has 0 aliphatic rings. The van der Waals surface area contributed by atoms with Crippen molar-refractivity contribution in [2.24, 2.45) is 9.98 Å². The van der Waals surface area contributed by atoms with Crippen LogP contribution in [-0.4, -0.2) is 19.0 Å². The largest absolute Gasteiger partial charge is 0.296 e. The van der Waals surface area contributed by atoms with Crippen LogP contribution in [-0.2, 0) is 0 Å². The number of allylic oxidation sites excluding steroid dienone is 6. The molecule has 3 heteroatoms. The van der Waals surface area contributed by atoms with Crippen molar-refractivity contribution >= 4 is 17.5 Å². The average Bonchev–Trinajstić information content (AvgIpc) is 2.98. The van der Waals surface area contributed by atoms with E-state index in [9.17, 15) is 4.39 Å². The molecular formula is C37H55FN2. The van der Waals surface area contributed by atoms with E-state index in [4.69, 9.17) is 0 Å². The molecule has 0 unspecified atom stereocenters. The summed E-state index contributed by atoms with van der Waals surface area (Å²) in [5.74, 6) is -0.220. The number of nitrogens with zero attached hydrogens (tertiary/aromatic N) is 2. The van der Waals surface area contributed by atoms with Crippen LogP contribution in [0.2, 0.25) is 0 Å². The maximum absolute atomic E-state index is 12.9. The van der Waals surface area contributed by atoms with Gasteiger partial charge < -0.3 is 0 Å². The Balaban J connectivity index is -0.000000547. The van der Waals surface area contributed by atoms with Crippen LogP contribution in [0.3, 0.4) is 0 Å². The van der Waals surface area contributed by atoms with E-state index in [0.29, 0.717) is 0 Å². The number of benzene rings is 2. The molecule has 40 heavy (non-hydrogen) atoms. The minimum Gasteiger partial charge on any atom is -0.296 e. The average molecular weight is 547 g/mol. The van der Waals surface area contributed by atoms with Gasteiger partial charge in [0.15, 0.2) is 0 Å². The van der Waals surface area contributed by atoms with Crippen molar-refractivity contribution < 1.29 is 4.39 Å². The molecule has 0 saturated carbocycles. The Bertz CT molecular complexity index is 1140. The molecule has 0 aliphatic carbocycles. The van der Waals surface area contributed by atoms with Crippen molar-refractivity contribution in [3.63, 3.8) is 0 Å². The van der Waals surface area contributed by atoms with E-state index >= 15 is 0 Å². The van der Waals surface area contributed by atoms with E-state index in [1.807, 2.05) is 99.9 Å². The fraction of sp³-hybridized carbons (Fsp3) is 0.351. The van der Waals surface area contributed by atoms with Crippen molar-refractivity contribution in [2.45, 2.75) is 83.1 Å². The summed E-state index contributed by atoms with van der Waals surface area (Å²) in [6, 6.07) is 12.7. The van der Waals surface area contributed by atoms with Crippen LogP contribution in [0, 0.1) is 19.7 Å². The van der Waals surface area contributed by atoms with E-state index < -0.39 is 0 Å². The Hall–Kier alpha value is -3.59. The second kappa shape index (κ2) is 25.7. The van der Waals surface area contributed by atoms with Gasteiger partial charge in [-0.15, -0.1) is 0 Å². The molecule has 2 aromatic carbocycles. The molecule has 0 bridgehead atoms. The molecule has 0 radical (unpaired) electrons. The summed E-state index contributed by atoms with van der Waals surface area (Å²) in [5.41, 5.74) is 9.55. The molecule has 2 aromatic rings. The number of hydrogen-bond acceptors (Lipinski definition) is 2. The Morgan fingerprint density at radius 1 is 0.825 bits per heavy atom. The van der Waals surface area contributed by atoms with Gasteiger partial charge in [0.25, 0.3) is 0 Å². The zero-order valence-corrected chi connectivity index (χ0v) is 27.6. The monoisotopic (exact) mass is 546 g/mol. The topological polar surface area (TPSA) is 24.7 Å². The fourth-order valence-corrected chi connectivity index (χ4v) is 2.79. The smallest absolute Gasteiger partial charge is 0.123 e. The number of aliphatic imine (C=N–C) groups is 2. The number of hydrogen-bond donors (Lipinski definition) is 0. The van der Waals surface area contributed by atoms with Crippen molar-refractivity contribution in [2.75, 3.05) is 7.05 Å². The van der Waals surface area contributed by atoms with Crippen LogP contribution >= 0.6 is 0 Å². The first-order chi connectivity index (χ1) is 19.0. The predicted octanol–water partition coefficient (Wildman–Crippen LogP) is 11.7. The zero-order valence-electron chi connectivity index (χ0n) is 27.6. The van der Waals surface area contributed by atoms with E-state index in [-0.39, 0.29) is 5.82 Å². The van der Waals surface area contributed by atoms with Gasteiger partial charge in [-0.2, -0.15) is 0 Å². The molecular weight excluding hydrogens is 491 g/mol. The third kappa shape index (κ3) is 17.8. The SMILES string of the molecule is C/C=C\C.C=C(C)C(C)=N/C=C(C)/C(C=NC)=C/C.C=C(c1ccc(F)cc1)c1cc(C)ccc1C.CC.CC. The lowest BCUT2D eigenvalue weighted by molar-refractivity contribution is 0.627. The van der Waals surface area contributed by atoms with Gasteiger partial charge >= 0.3 is 0 Å². The van der Waals surface area contributed by atoms with Gasteiger partial charge in [0.2, 0.25) is 0 Å². The summed E-state index contributed by atoms with van der Waals surface area (Å²) in [6.45, 7) is 32.0. The standard InChI is InChI=1S/C16H15F.C13H20N2.C4H8.2C2H6/c1-11-4-5-12(2)16(10-11)13(3)14-6-8-15(17)9-7-14;1-7-13(9-14-6)11(4)8-15-12(5)10(2)3;1-3-4-2;2*1-2/h4-10H,3H2,1-2H3;7-9H,2H2,1,3-6H3;3-4H,1-2H3;2*1-2H3/b;11-8+,13-7+,14-9?,15-12?;4-3-;;. The molecule has 0 heterocycles.